The Hall–Kier alpha value is -1.22. The Bertz CT molecular complexity index is 550. The van der Waals surface area contributed by atoms with Gasteiger partial charge < -0.3 is 20.1 Å². The van der Waals surface area contributed by atoms with Gasteiger partial charge in [-0.15, -0.1) is 24.0 Å². The molecule has 25 heavy (non-hydrogen) atoms. The van der Waals surface area contributed by atoms with Crippen LogP contribution in [0, 0.1) is 0 Å². The number of likely N-dealkylation sites (N-methyl/N-ethyl adjacent to an activating group) is 1. The predicted octanol–water partition coefficient (Wildman–Crippen LogP) is 3.18. The van der Waals surface area contributed by atoms with E-state index in [1.165, 1.54) is 12.8 Å². The fourth-order valence-corrected chi connectivity index (χ4v) is 2.69. The van der Waals surface area contributed by atoms with Crippen LogP contribution in [0.1, 0.15) is 26.7 Å². The summed E-state index contributed by atoms with van der Waals surface area (Å²) >= 11 is 0. The van der Waals surface area contributed by atoms with Gasteiger partial charge in [-0.1, -0.05) is 6.92 Å². The van der Waals surface area contributed by atoms with Crippen molar-refractivity contribution in [2.24, 2.45) is 4.99 Å². The lowest BCUT2D eigenvalue weighted by Crippen LogP contribution is -2.33. The van der Waals surface area contributed by atoms with Crippen LogP contribution in [0.25, 0.3) is 0 Å². The number of ether oxygens (including phenoxy) is 2. The van der Waals surface area contributed by atoms with Gasteiger partial charge in [-0.2, -0.15) is 0 Å². The van der Waals surface area contributed by atoms with Crippen LogP contribution in [0.4, 0.5) is 5.69 Å². The number of anilines is 1. The number of aliphatic imine (C=N–C) groups is 1. The molecule has 6 nitrogen and oxygen atoms in total. The number of nitrogens with zero attached hydrogens (tertiary/aromatic N) is 2. The van der Waals surface area contributed by atoms with Gasteiger partial charge in [0.25, 0.3) is 0 Å². The van der Waals surface area contributed by atoms with E-state index in [2.05, 4.69) is 34.4 Å². The van der Waals surface area contributed by atoms with Crippen LogP contribution in [0.15, 0.2) is 23.2 Å². The summed E-state index contributed by atoms with van der Waals surface area (Å²) in [7, 11) is 3.27. The van der Waals surface area contributed by atoms with Crippen LogP contribution in [0.2, 0.25) is 0 Å². The van der Waals surface area contributed by atoms with Gasteiger partial charge in [0.15, 0.2) is 17.5 Å². The number of hydrogen-bond donors (Lipinski definition) is 2. The number of methoxy groups -OCH3 is 2. The molecule has 0 spiro atoms. The van der Waals surface area contributed by atoms with Gasteiger partial charge in [0, 0.05) is 30.9 Å². The summed E-state index contributed by atoms with van der Waals surface area (Å²) in [4.78, 5) is 7.19. The maximum atomic E-state index is 5.35. The first kappa shape index (κ1) is 21.8. The first-order valence-electron chi connectivity index (χ1n) is 8.73. The highest BCUT2D eigenvalue weighted by Gasteiger charge is 2.27. The number of guanidine groups is 1. The summed E-state index contributed by atoms with van der Waals surface area (Å²) in [6, 6.07) is 6.54. The van der Waals surface area contributed by atoms with E-state index in [4.69, 9.17) is 9.47 Å². The molecule has 0 radical (unpaired) electrons. The molecule has 1 aliphatic carbocycles. The van der Waals surface area contributed by atoms with Gasteiger partial charge >= 0.3 is 0 Å². The van der Waals surface area contributed by atoms with Crippen molar-refractivity contribution in [2.75, 3.05) is 45.7 Å². The molecule has 1 saturated carbocycles. The summed E-state index contributed by atoms with van der Waals surface area (Å²) in [6.45, 7) is 7.99. The van der Waals surface area contributed by atoms with Crippen molar-refractivity contribution >= 4 is 35.6 Å². The Morgan fingerprint density at radius 1 is 1.20 bits per heavy atom. The zero-order valence-electron chi connectivity index (χ0n) is 15.7. The molecule has 1 aliphatic rings. The van der Waals surface area contributed by atoms with E-state index in [0.29, 0.717) is 11.5 Å². The highest BCUT2D eigenvalue weighted by atomic mass is 127. The van der Waals surface area contributed by atoms with Crippen LogP contribution in [0.5, 0.6) is 11.5 Å². The number of halogens is 1. The van der Waals surface area contributed by atoms with Crippen molar-refractivity contribution < 1.29 is 9.47 Å². The Morgan fingerprint density at radius 2 is 1.92 bits per heavy atom. The van der Waals surface area contributed by atoms with Crippen LogP contribution in [-0.4, -0.2) is 57.3 Å². The van der Waals surface area contributed by atoms with E-state index in [1.54, 1.807) is 14.2 Å². The van der Waals surface area contributed by atoms with Crippen molar-refractivity contribution in [3.63, 3.8) is 0 Å². The third-order valence-corrected chi connectivity index (χ3v) is 4.12. The summed E-state index contributed by atoms with van der Waals surface area (Å²) in [5.41, 5.74) is 0.918. The Morgan fingerprint density at radius 3 is 2.48 bits per heavy atom. The smallest absolute Gasteiger partial charge is 0.195 e. The number of rotatable bonds is 9. The monoisotopic (exact) mass is 462 g/mol. The molecule has 7 heteroatoms. The van der Waals surface area contributed by atoms with Gasteiger partial charge in [0.05, 0.1) is 20.8 Å². The lowest BCUT2D eigenvalue weighted by atomic mass is 10.3. The maximum absolute atomic E-state index is 5.35. The number of hydrogen-bond acceptors (Lipinski definition) is 4. The van der Waals surface area contributed by atoms with Gasteiger partial charge in [0.1, 0.15) is 0 Å². The second-order valence-electron chi connectivity index (χ2n) is 5.82. The Labute approximate surface area is 168 Å². The fourth-order valence-electron chi connectivity index (χ4n) is 2.69. The van der Waals surface area contributed by atoms with E-state index < -0.39 is 0 Å². The summed E-state index contributed by atoms with van der Waals surface area (Å²) < 4.78 is 10.6. The molecule has 0 aromatic heterocycles. The van der Waals surface area contributed by atoms with Gasteiger partial charge in [-0.05, 0) is 38.4 Å². The van der Waals surface area contributed by atoms with Crippen LogP contribution >= 0.6 is 24.0 Å². The molecule has 1 aromatic carbocycles. The fraction of sp³-hybridized carbons (Fsp3) is 0.611. The molecular weight excluding hydrogens is 431 g/mol. The molecule has 0 saturated heterocycles. The molecular formula is C18H31IN4O2. The number of nitrogens with one attached hydrogen (secondary N) is 2. The lowest BCUT2D eigenvalue weighted by Gasteiger charge is -2.19. The van der Waals surface area contributed by atoms with E-state index in [1.807, 2.05) is 18.2 Å². The molecule has 1 fully saturated rings. The van der Waals surface area contributed by atoms with Crippen molar-refractivity contribution in [3.8, 4) is 11.5 Å². The summed E-state index contributed by atoms with van der Waals surface area (Å²) in [5, 5.41) is 6.61. The van der Waals surface area contributed by atoms with Gasteiger partial charge in [0.2, 0.25) is 0 Å². The molecule has 0 unspecified atom stereocenters. The van der Waals surface area contributed by atoms with E-state index in [9.17, 15) is 0 Å². The topological polar surface area (TPSA) is 58.1 Å². The van der Waals surface area contributed by atoms with Crippen molar-refractivity contribution in [3.05, 3.63) is 18.2 Å². The van der Waals surface area contributed by atoms with Crippen molar-refractivity contribution in [2.45, 2.75) is 32.7 Å². The maximum Gasteiger partial charge on any atom is 0.195 e. The minimum atomic E-state index is 0. The van der Waals surface area contributed by atoms with Crippen LogP contribution in [-0.2, 0) is 0 Å². The second-order valence-corrected chi connectivity index (χ2v) is 5.82. The average Bonchev–Trinajstić information content (AvgIpc) is 3.43. The normalized spacial score (nSPS) is 14.0. The molecule has 0 heterocycles. The van der Waals surface area contributed by atoms with Gasteiger partial charge in [-0.3, -0.25) is 9.89 Å². The highest BCUT2D eigenvalue weighted by Crippen LogP contribution is 2.29. The molecule has 0 atom stereocenters. The Kier molecular flexibility index (Phi) is 9.96. The average molecular weight is 462 g/mol. The minimum absolute atomic E-state index is 0. The highest BCUT2D eigenvalue weighted by molar-refractivity contribution is 14.0. The van der Waals surface area contributed by atoms with Crippen molar-refractivity contribution in [1.82, 2.24) is 10.2 Å². The standard InChI is InChI=1S/C18H30N4O2.HI/c1-5-19-18(20-11-12-22(6-2)15-8-9-15)21-14-7-10-16(23-3)17(13-14)24-4;/h7,10,13,15H,5-6,8-9,11-12H2,1-4H3,(H2,19,20,21);1H. The lowest BCUT2D eigenvalue weighted by molar-refractivity contribution is 0.286. The first-order chi connectivity index (χ1) is 11.7. The van der Waals surface area contributed by atoms with E-state index >= 15 is 0 Å². The molecule has 0 amide bonds. The molecule has 0 aliphatic heterocycles. The van der Waals surface area contributed by atoms with E-state index in [0.717, 1.165) is 43.9 Å². The molecule has 2 N–H and O–H groups in total. The number of benzene rings is 1. The zero-order chi connectivity index (χ0) is 17.4. The molecule has 1 aromatic rings. The summed E-state index contributed by atoms with van der Waals surface area (Å²) in [6.07, 6.45) is 2.67. The van der Waals surface area contributed by atoms with Crippen LogP contribution < -0.4 is 20.1 Å². The third-order valence-electron chi connectivity index (χ3n) is 4.12. The molecule has 2 rings (SSSR count). The molecule has 142 valence electrons. The van der Waals surface area contributed by atoms with Crippen LogP contribution in [0.3, 0.4) is 0 Å². The van der Waals surface area contributed by atoms with E-state index in [-0.39, 0.29) is 24.0 Å². The Balaban J connectivity index is 0.00000312. The minimum Gasteiger partial charge on any atom is -0.493 e. The van der Waals surface area contributed by atoms with Gasteiger partial charge in [-0.25, -0.2) is 0 Å². The van der Waals surface area contributed by atoms with Crippen molar-refractivity contribution in [1.29, 1.82) is 0 Å². The first-order valence-corrected chi connectivity index (χ1v) is 8.73. The SMILES string of the molecule is CCNC(=NCCN(CC)C1CC1)Nc1ccc(OC)c(OC)c1.I. The summed E-state index contributed by atoms with van der Waals surface area (Å²) in [5.74, 6) is 2.20. The quantitative estimate of drug-likeness (QED) is 0.336. The molecule has 0 bridgehead atoms. The second kappa shape index (κ2) is 11.4. The largest absolute Gasteiger partial charge is 0.493 e. The third kappa shape index (κ3) is 6.89. The zero-order valence-corrected chi connectivity index (χ0v) is 18.0. The predicted molar refractivity (Wildman–Crippen MR) is 115 cm³/mol.